The Labute approximate surface area is 90.2 Å². The first-order chi connectivity index (χ1) is 7.04. The predicted molar refractivity (Wildman–Crippen MR) is 61.9 cm³/mol. The van der Waals surface area contributed by atoms with E-state index < -0.39 is 0 Å². The number of imidazole rings is 1. The fourth-order valence-corrected chi connectivity index (χ4v) is 1.85. The van der Waals surface area contributed by atoms with Gasteiger partial charge >= 0.3 is 0 Å². The van der Waals surface area contributed by atoms with Crippen molar-refractivity contribution >= 4 is 11.2 Å². The van der Waals surface area contributed by atoms with Crippen molar-refractivity contribution in [2.45, 2.75) is 39.7 Å². The van der Waals surface area contributed by atoms with E-state index in [0.29, 0.717) is 0 Å². The highest BCUT2D eigenvalue weighted by Gasteiger charge is 2.22. The van der Waals surface area contributed by atoms with E-state index in [0.717, 1.165) is 23.5 Å². The number of hydrogen-bond acceptors (Lipinski definition) is 2. The molecule has 0 bridgehead atoms. The number of rotatable bonds is 1. The number of nitrogens with zero attached hydrogens (tertiary/aromatic N) is 3. The molecule has 0 radical (unpaired) electrons. The molecule has 0 aliphatic heterocycles. The molecule has 15 heavy (non-hydrogen) atoms. The van der Waals surface area contributed by atoms with Gasteiger partial charge in [0.25, 0.3) is 0 Å². The molecule has 80 valence electrons. The Kier molecular flexibility index (Phi) is 2.25. The highest BCUT2D eigenvalue weighted by molar-refractivity contribution is 5.71. The van der Waals surface area contributed by atoms with Gasteiger partial charge < -0.3 is 4.57 Å². The monoisotopic (exact) mass is 203 g/mol. The summed E-state index contributed by atoms with van der Waals surface area (Å²) in [5, 5.41) is 0. The lowest BCUT2D eigenvalue weighted by Crippen LogP contribution is -2.18. The highest BCUT2D eigenvalue weighted by Crippen LogP contribution is 2.25. The van der Waals surface area contributed by atoms with Gasteiger partial charge in [0.1, 0.15) is 5.82 Å². The van der Waals surface area contributed by atoms with Crippen molar-refractivity contribution in [3.8, 4) is 0 Å². The smallest absolute Gasteiger partial charge is 0.177 e. The number of aryl methyl sites for hydroxylation is 1. The van der Waals surface area contributed by atoms with Crippen LogP contribution in [-0.2, 0) is 12.0 Å². The third kappa shape index (κ3) is 1.62. The van der Waals surface area contributed by atoms with Gasteiger partial charge in [-0.25, -0.2) is 9.97 Å². The Morgan fingerprint density at radius 2 is 2.07 bits per heavy atom. The summed E-state index contributed by atoms with van der Waals surface area (Å²) < 4.78 is 2.24. The molecular weight excluding hydrogens is 186 g/mol. The van der Waals surface area contributed by atoms with Crippen LogP contribution in [0.25, 0.3) is 11.2 Å². The van der Waals surface area contributed by atoms with Crippen LogP contribution in [0.4, 0.5) is 0 Å². The van der Waals surface area contributed by atoms with Crippen LogP contribution in [0.2, 0.25) is 0 Å². The maximum Gasteiger partial charge on any atom is 0.177 e. The van der Waals surface area contributed by atoms with Gasteiger partial charge in [0.2, 0.25) is 0 Å². The Bertz CT molecular complexity index is 477. The molecule has 3 nitrogen and oxygen atoms in total. The zero-order chi connectivity index (χ0) is 11.1. The fraction of sp³-hybridized carbons (Fsp3) is 0.500. The Morgan fingerprint density at radius 3 is 2.67 bits per heavy atom. The summed E-state index contributed by atoms with van der Waals surface area (Å²) in [7, 11) is 0. The second-order valence-corrected chi connectivity index (χ2v) is 4.78. The van der Waals surface area contributed by atoms with E-state index in [2.05, 4.69) is 48.3 Å². The molecule has 2 aromatic heterocycles. The zero-order valence-corrected chi connectivity index (χ0v) is 9.78. The van der Waals surface area contributed by atoms with E-state index in [4.69, 9.17) is 0 Å². The largest absolute Gasteiger partial charge is 0.326 e. The molecule has 0 aliphatic carbocycles. The average molecular weight is 203 g/mol. The van der Waals surface area contributed by atoms with Crippen molar-refractivity contribution in [2.75, 3.05) is 0 Å². The van der Waals surface area contributed by atoms with Gasteiger partial charge in [0.05, 0.1) is 5.52 Å². The molecule has 0 saturated heterocycles. The first-order valence-electron chi connectivity index (χ1n) is 5.35. The normalized spacial score (nSPS) is 12.3. The van der Waals surface area contributed by atoms with Crippen molar-refractivity contribution in [1.29, 1.82) is 0 Å². The number of aromatic nitrogens is 3. The Balaban J connectivity index is 2.75. The number of pyridine rings is 1. The van der Waals surface area contributed by atoms with Gasteiger partial charge in [-0.1, -0.05) is 20.8 Å². The van der Waals surface area contributed by atoms with E-state index in [-0.39, 0.29) is 5.41 Å². The van der Waals surface area contributed by atoms with Crippen LogP contribution in [0.3, 0.4) is 0 Å². The van der Waals surface area contributed by atoms with E-state index in [1.807, 2.05) is 6.07 Å². The summed E-state index contributed by atoms with van der Waals surface area (Å²) in [5.74, 6) is 1.11. The molecule has 0 spiro atoms. The van der Waals surface area contributed by atoms with Crippen LogP contribution in [0, 0.1) is 0 Å². The standard InChI is InChI=1S/C12H17N3/c1-5-15-9-7-6-8-13-10(9)14-11(15)12(2,3)4/h6-8H,5H2,1-4H3. The van der Waals surface area contributed by atoms with E-state index in [1.54, 1.807) is 6.20 Å². The van der Waals surface area contributed by atoms with Crippen LogP contribution in [0.15, 0.2) is 18.3 Å². The van der Waals surface area contributed by atoms with E-state index >= 15 is 0 Å². The molecule has 3 heteroatoms. The van der Waals surface area contributed by atoms with E-state index in [9.17, 15) is 0 Å². The molecule has 0 aromatic carbocycles. The molecule has 0 saturated carbocycles. The Hall–Kier alpha value is -1.38. The van der Waals surface area contributed by atoms with Crippen LogP contribution >= 0.6 is 0 Å². The van der Waals surface area contributed by atoms with Gasteiger partial charge in [-0.3, -0.25) is 0 Å². The lowest BCUT2D eigenvalue weighted by molar-refractivity contribution is 0.511. The van der Waals surface area contributed by atoms with Crippen LogP contribution in [0.1, 0.15) is 33.5 Å². The molecule has 0 aliphatic rings. The van der Waals surface area contributed by atoms with Gasteiger partial charge in [0.15, 0.2) is 5.65 Å². The van der Waals surface area contributed by atoms with E-state index in [1.165, 1.54) is 0 Å². The van der Waals surface area contributed by atoms with Crippen molar-refractivity contribution in [2.24, 2.45) is 0 Å². The highest BCUT2D eigenvalue weighted by atomic mass is 15.1. The number of hydrogen-bond donors (Lipinski definition) is 0. The minimum absolute atomic E-state index is 0.0662. The minimum atomic E-state index is 0.0662. The van der Waals surface area contributed by atoms with Gasteiger partial charge in [-0.15, -0.1) is 0 Å². The van der Waals surface area contributed by atoms with Crippen molar-refractivity contribution in [3.63, 3.8) is 0 Å². The van der Waals surface area contributed by atoms with Crippen molar-refractivity contribution < 1.29 is 0 Å². The predicted octanol–water partition coefficient (Wildman–Crippen LogP) is 2.75. The van der Waals surface area contributed by atoms with Crippen LogP contribution in [0.5, 0.6) is 0 Å². The van der Waals surface area contributed by atoms with Crippen LogP contribution < -0.4 is 0 Å². The molecule has 0 N–H and O–H groups in total. The second kappa shape index (κ2) is 3.33. The summed E-state index contributed by atoms with van der Waals surface area (Å²) in [4.78, 5) is 8.90. The lowest BCUT2D eigenvalue weighted by Gasteiger charge is -2.18. The minimum Gasteiger partial charge on any atom is -0.326 e. The molecule has 0 atom stereocenters. The lowest BCUT2D eigenvalue weighted by atomic mass is 9.96. The second-order valence-electron chi connectivity index (χ2n) is 4.78. The fourth-order valence-electron chi connectivity index (χ4n) is 1.85. The molecule has 0 fully saturated rings. The van der Waals surface area contributed by atoms with Gasteiger partial charge in [0, 0.05) is 18.2 Å². The number of fused-ring (bicyclic) bond motifs is 1. The third-order valence-corrected chi connectivity index (χ3v) is 2.51. The summed E-state index contributed by atoms with van der Waals surface area (Å²) in [6.45, 7) is 9.62. The van der Waals surface area contributed by atoms with Crippen molar-refractivity contribution in [1.82, 2.24) is 14.5 Å². The summed E-state index contributed by atoms with van der Waals surface area (Å²) in [5.41, 5.74) is 2.05. The molecule has 0 unspecified atom stereocenters. The molecular formula is C12H17N3. The SMILES string of the molecule is CCn1c(C(C)(C)C)nc2ncccc21. The summed E-state index contributed by atoms with van der Waals surface area (Å²) in [6, 6.07) is 4.04. The average Bonchev–Trinajstić information content (AvgIpc) is 2.55. The molecule has 2 aromatic rings. The molecule has 2 rings (SSSR count). The maximum absolute atomic E-state index is 4.61. The van der Waals surface area contributed by atoms with Gasteiger partial charge in [-0.2, -0.15) is 0 Å². The first-order valence-corrected chi connectivity index (χ1v) is 5.35. The quantitative estimate of drug-likeness (QED) is 0.713. The third-order valence-electron chi connectivity index (χ3n) is 2.51. The topological polar surface area (TPSA) is 30.7 Å². The summed E-state index contributed by atoms with van der Waals surface area (Å²) in [6.07, 6.45) is 1.79. The van der Waals surface area contributed by atoms with Gasteiger partial charge in [-0.05, 0) is 19.1 Å². The zero-order valence-electron chi connectivity index (χ0n) is 9.78. The maximum atomic E-state index is 4.61. The molecule has 0 amide bonds. The van der Waals surface area contributed by atoms with Crippen LogP contribution in [-0.4, -0.2) is 14.5 Å². The Morgan fingerprint density at radius 1 is 1.33 bits per heavy atom. The first kappa shape index (κ1) is 10.1. The summed E-state index contributed by atoms with van der Waals surface area (Å²) >= 11 is 0. The van der Waals surface area contributed by atoms with Crippen molar-refractivity contribution in [3.05, 3.63) is 24.2 Å². The molecule has 2 heterocycles.